The van der Waals surface area contributed by atoms with Crippen LogP contribution in [-0.4, -0.2) is 15.0 Å². The Kier molecular flexibility index (Phi) is 6.39. The lowest BCUT2D eigenvalue weighted by Gasteiger charge is -2.10. The predicted octanol–water partition coefficient (Wildman–Crippen LogP) is 13.1. The average Bonchev–Trinajstić information content (AvgIpc) is 3.80. The molecule has 52 heavy (non-hydrogen) atoms. The first kappa shape index (κ1) is 29.1. The van der Waals surface area contributed by atoms with Crippen molar-refractivity contribution in [2.24, 2.45) is 0 Å². The smallest absolute Gasteiger partial charge is 0.162 e. The van der Waals surface area contributed by atoms with Gasteiger partial charge in [0, 0.05) is 48.3 Å². The van der Waals surface area contributed by atoms with Gasteiger partial charge in [-0.15, -0.1) is 11.3 Å². The number of para-hydroxylation sites is 1. The first-order chi connectivity index (χ1) is 25.8. The average molecular weight is 682 g/mol. The van der Waals surface area contributed by atoms with E-state index in [1.807, 2.05) is 30.3 Å². The zero-order chi connectivity index (χ0) is 34.2. The fourth-order valence-corrected chi connectivity index (χ4v) is 8.71. The van der Waals surface area contributed by atoms with Crippen LogP contribution in [0.1, 0.15) is 0 Å². The van der Waals surface area contributed by atoms with Gasteiger partial charge in [0.15, 0.2) is 11.4 Å². The Hall–Kier alpha value is -6.69. The Labute approximate surface area is 302 Å². The van der Waals surface area contributed by atoms with Crippen molar-refractivity contribution in [1.82, 2.24) is 15.0 Å². The highest BCUT2D eigenvalue weighted by Crippen LogP contribution is 2.42. The quantitative estimate of drug-likeness (QED) is 0.174. The van der Waals surface area contributed by atoms with Gasteiger partial charge in [-0.3, -0.25) is 0 Å². The summed E-state index contributed by atoms with van der Waals surface area (Å²) < 4.78 is 8.86. The van der Waals surface area contributed by atoms with Crippen LogP contribution in [0.2, 0.25) is 0 Å². The molecule has 0 aliphatic rings. The Morgan fingerprint density at radius 2 is 1.04 bits per heavy atom. The van der Waals surface area contributed by atoms with E-state index in [0.29, 0.717) is 0 Å². The number of furan rings is 1. The van der Waals surface area contributed by atoms with Crippen LogP contribution in [0.15, 0.2) is 168 Å². The third-order valence-electron chi connectivity index (χ3n) is 10.1. The van der Waals surface area contributed by atoms with Crippen LogP contribution in [0, 0.1) is 0 Å². The number of fused-ring (bicyclic) bond motifs is 10. The number of aromatic nitrogens is 3. The highest BCUT2D eigenvalue weighted by molar-refractivity contribution is 7.26. The molecule has 0 amide bonds. The van der Waals surface area contributed by atoms with Crippen LogP contribution in [0.5, 0.6) is 0 Å². The molecule has 7 aromatic carbocycles. The minimum Gasteiger partial charge on any atom is -0.454 e. The molecule has 11 rings (SSSR count). The van der Waals surface area contributed by atoms with Gasteiger partial charge in [0.1, 0.15) is 11.3 Å². The standard InChI is InChI=1S/C47H27N3OS/c1-2-11-33(12-3-1)47-49-42(46-44(50-47)36-15-7-9-17-39(36)52-46)32-24-20-29(21-25-32)28-18-22-31(23-19-28)41-45-40(35-14-6-8-16-38(35)51-45)37-27-26-30-10-4-5-13-34(30)43(37)48-41/h1-27H. The summed E-state index contributed by atoms with van der Waals surface area (Å²) in [5, 5.41) is 6.78. The minimum absolute atomic E-state index is 0.736. The van der Waals surface area contributed by atoms with Crippen LogP contribution in [0.25, 0.3) is 109 Å². The third-order valence-corrected chi connectivity index (χ3v) is 11.3. The highest BCUT2D eigenvalue weighted by Gasteiger charge is 2.20. The van der Waals surface area contributed by atoms with E-state index in [0.717, 1.165) is 98.9 Å². The molecule has 0 fully saturated rings. The molecular weight excluding hydrogens is 655 g/mol. The topological polar surface area (TPSA) is 51.8 Å². The molecule has 0 unspecified atom stereocenters. The van der Waals surface area contributed by atoms with Crippen molar-refractivity contribution in [2.75, 3.05) is 0 Å². The van der Waals surface area contributed by atoms with Crippen LogP contribution in [0.4, 0.5) is 0 Å². The van der Waals surface area contributed by atoms with Gasteiger partial charge in [0.2, 0.25) is 0 Å². The van der Waals surface area contributed by atoms with Gasteiger partial charge in [0.05, 0.1) is 21.4 Å². The number of nitrogens with zero attached hydrogens (tertiary/aromatic N) is 3. The first-order valence-corrected chi connectivity index (χ1v) is 18.2. The molecule has 0 atom stereocenters. The fraction of sp³-hybridized carbons (Fsp3) is 0. The number of thiophene rings is 1. The van der Waals surface area contributed by atoms with E-state index in [9.17, 15) is 0 Å². The van der Waals surface area contributed by atoms with E-state index in [1.165, 1.54) is 10.1 Å². The van der Waals surface area contributed by atoms with E-state index >= 15 is 0 Å². The highest BCUT2D eigenvalue weighted by atomic mass is 32.1. The van der Waals surface area contributed by atoms with E-state index in [1.54, 1.807) is 11.3 Å². The molecule has 0 bridgehead atoms. The van der Waals surface area contributed by atoms with Gasteiger partial charge in [0.25, 0.3) is 0 Å². The third kappa shape index (κ3) is 4.50. The predicted molar refractivity (Wildman–Crippen MR) is 217 cm³/mol. The zero-order valence-corrected chi connectivity index (χ0v) is 28.6. The van der Waals surface area contributed by atoms with E-state index < -0.39 is 0 Å². The zero-order valence-electron chi connectivity index (χ0n) is 27.7. The molecule has 4 heterocycles. The molecule has 5 heteroatoms. The normalized spacial score (nSPS) is 11.8. The van der Waals surface area contributed by atoms with Crippen LogP contribution < -0.4 is 0 Å². The Morgan fingerprint density at radius 1 is 0.404 bits per heavy atom. The van der Waals surface area contributed by atoms with Gasteiger partial charge < -0.3 is 4.42 Å². The second-order valence-electron chi connectivity index (χ2n) is 13.1. The van der Waals surface area contributed by atoms with E-state index in [-0.39, 0.29) is 0 Å². The van der Waals surface area contributed by atoms with E-state index in [2.05, 4.69) is 133 Å². The maximum Gasteiger partial charge on any atom is 0.162 e. The summed E-state index contributed by atoms with van der Waals surface area (Å²) in [7, 11) is 0. The molecule has 242 valence electrons. The van der Waals surface area contributed by atoms with Crippen LogP contribution in [-0.2, 0) is 0 Å². The second-order valence-corrected chi connectivity index (χ2v) is 14.2. The summed E-state index contributed by atoms with van der Waals surface area (Å²) >= 11 is 1.75. The lowest BCUT2D eigenvalue weighted by atomic mass is 9.98. The number of hydrogen-bond donors (Lipinski definition) is 0. The molecule has 0 spiro atoms. The van der Waals surface area contributed by atoms with Crippen molar-refractivity contribution in [3.05, 3.63) is 164 Å². The monoisotopic (exact) mass is 681 g/mol. The maximum atomic E-state index is 6.54. The van der Waals surface area contributed by atoms with Crippen molar-refractivity contribution in [2.45, 2.75) is 0 Å². The lowest BCUT2D eigenvalue weighted by Crippen LogP contribution is -1.93. The molecule has 11 aromatic rings. The summed E-state index contributed by atoms with van der Waals surface area (Å²) in [5.41, 5.74) is 10.8. The van der Waals surface area contributed by atoms with Gasteiger partial charge in [-0.1, -0.05) is 152 Å². The number of benzene rings is 7. The summed E-state index contributed by atoms with van der Waals surface area (Å²) in [6.45, 7) is 0. The van der Waals surface area contributed by atoms with Crippen molar-refractivity contribution < 1.29 is 4.42 Å². The lowest BCUT2D eigenvalue weighted by molar-refractivity contribution is 0.669. The Morgan fingerprint density at radius 3 is 1.83 bits per heavy atom. The Bertz CT molecular complexity index is 3160. The van der Waals surface area contributed by atoms with Crippen molar-refractivity contribution in [3.63, 3.8) is 0 Å². The molecule has 4 nitrogen and oxygen atoms in total. The molecule has 0 saturated heterocycles. The number of hydrogen-bond acceptors (Lipinski definition) is 5. The molecular formula is C47H27N3OS. The van der Waals surface area contributed by atoms with Gasteiger partial charge in [-0.05, 0) is 28.6 Å². The summed E-state index contributed by atoms with van der Waals surface area (Å²) in [6, 6.07) is 57.2. The molecule has 0 saturated carbocycles. The SMILES string of the molecule is c1ccc(-c2nc(-c3ccc(-c4ccc(-c5nc6c7ccccc7ccc6c6c5oc5ccccc56)cc4)cc3)c3sc4ccccc4c3n2)cc1. The van der Waals surface area contributed by atoms with Gasteiger partial charge in [-0.2, -0.15) is 0 Å². The van der Waals surface area contributed by atoms with Gasteiger partial charge in [-0.25, -0.2) is 15.0 Å². The summed E-state index contributed by atoms with van der Waals surface area (Å²) in [5.74, 6) is 0.736. The van der Waals surface area contributed by atoms with E-state index in [4.69, 9.17) is 19.4 Å². The molecule has 4 aromatic heterocycles. The molecule has 0 aliphatic heterocycles. The van der Waals surface area contributed by atoms with Crippen molar-refractivity contribution in [1.29, 1.82) is 0 Å². The molecule has 0 aliphatic carbocycles. The molecule has 0 N–H and O–H groups in total. The minimum atomic E-state index is 0.736. The second kappa shape index (κ2) is 11.4. The summed E-state index contributed by atoms with van der Waals surface area (Å²) in [4.78, 5) is 15.5. The first-order valence-electron chi connectivity index (χ1n) is 17.4. The van der Waals surface area contributed by atoms with Gasteiger partial charge >= 0.3 is 0 Å². The summed E-state index contributed by atoms with van der Waals surface area (Å²) in [6.07, 6.45) is 0. The fourth-order valence-electron chi connectivity index (χ4n) is 7.56. The van der Waals surface area contributed by atoms with Crippen LogP contribution in [0.3, 0.4) is 0 Å². The van der Waals surface area contributed by atoms with Crippen molar-refractivity contribution in [3.8, 4) is 45.0 Å². The van der Waals surface area contributed by atoms with Crippen molar-refractivity contribution >= 4 is 75.3 Å². The molecule has 0 radical (unpaired) electrons. The Balaban J connectivity index is 1.01. The number of rotatable bonds is 4. The number of pyridine rings is 1. The largest absolute Gasteiger partial charge is 0.454 e. The van der Waals surface area contributed by atoms with Crippen LogP contribution >= 0.6 is 11.3 Å². The maximum absolute atomic E-state index is 6.54.